The normalized spacial score (nSPS) is 12.8. The van der Waals surface area contributed by atoms with Gasteiger partial charge in [-0.3, -0.25) is 4.98 Å². The van der Waals surface area contributed by atoms with E-state index in [2.05, 4.69) is 38.0 Å². The molecular formula is C15H26N2O. The predicted octanol–water partition coefficient (Wildman–Crippen LogP) is 3.11. The Bertz CT molecular complexity index is 364. The molecule has 1 atom stereocenters. The van der Waals surface area contributed by atoms with Crippen LogP contribution in [0.5, 0.6) is 5.75 Å². The van der Waals surface area contributed by atoms with Gasteiger partial charge in [-0.05, 0) is 31.9 Å². The Kier molecular flexibility index (Phi) is 6.13. The fourth-order valence-electron chi connectivity index (χ4n) is 1.77. The Labute approximate surface area is 111 Å². The number of rotatable bonds is 7. The zero-order valence-corrected chi connectivity index (χ0v) is 12.3. The van der Waals surface area contributed by atoms with Crippen molar-refractivity contribution in [3.05, 3.63) is 23.5 Å². The SMILES string of the molecule is CCc1nc(C)ccc1OC(CC)CNC(C)C. The van der Waals surface area contributed by atoms with Crippen LogP contribution in [0.2, 0.25) is 0 Å². The summed E-state index contributed by atoms with van der Waals surface area (Å²) < 4.78 is 6.07. The summed E-state index contributed by atoms with van der Waals surface area (Å²) in [6.45, 7) is 11.5. The van der Waals surface area contributed by atoms with E-state index in [-0.39, 0.29) is 6.10 Å². The molecule has 102 valence electrons. The third-order valence-electron chi connectivity index (χ3n) is 2.91. The first-order chi connectivity index (χ1) is 8.56. The highest BCUT2D eigenvalue weighted by atomic mass is 16.5. The third kappa shape index (κ3) is 4.65. The second-order valence-corrected chi connectivity index (χ2v) is 4.96. The molecule has 0 bridgehead atoms. The number of hydrogen-bond donors (Lipinski definition) is 1. The number of aromatic nitrogens is 1. The van der Waals surface area contributed by atoms with E-state index in [1.807, 2.05) is 19.1 Å². The first kappa shape index (κ1) is 15.0. The molecule has 1 aromatic rings. The zero-order valence-electron chi connectivity index (χ0n) is 12.3. The molecule has 1 rings (SSSR count). The van der Waals surface area contributed by atoms with Gasteiger partial charge < -0.3 is 10.1 Å². The Morgan fingerprint density at radius 3 is 2.56 bits per heavy atom. The standard InChI is InChI=1S/C15H26N2O/c1-6-13(10-16-11(3)4)18-15-9-8-12(5)17-14(15)7-2/h8-9,11,13,16H,6-7,10H2,1-5H3. The molecule has 0 aromatic carbocycles. The van der Waals surface area contributed by atoms with Gasteiger partial charge in [-0.1, -0.05) is 27.7 Å². The summed E-state index contributed by atoms with van der Waals surface area (Å²) in [4.78, 5) is 4.53. The van der Waals surface area contributed by atoms with E-state index in [0.717, 1.165) is 36.5 Å². The van der Waals surface area contributed by atoms with Crippen LogP contribution in [0.15, 0.2) is 12.1 Å². The largest absolute Gasteiger partial charge is 0.487 e. The first-order valence-electron chi connectivity index (χ1n) is 6.93. The van der Waals surface area contributed by atoms with E-state index in [9.17, 15) is 0 Å². The second-order valence-electron chi connectivity index (χ2n) is 4.96. The minimum atomic E-state index is 0.210. The molecule has 0 amide bonds. The maximum Gasteiger partial charge on any atom is 0.141 e. The van der Waals surface area contributed by atoms with Crippen LogP contribution in [0.3, 0.4) is 0 Å². The second kappa shape index (κ2) is 7.37. The number of nitrogens with zero attached hydrogens (tertiary/aromatic N) is 1. The molecule has 0 saturated carbocycles. The lowest BCUT2D eigenvalue weighted by Gasteiger charge is -2.21. The molecule has 1 aromatic heterocycles. The molecule has 3 heteroatoms. The van der Waals surface area contributed by atoms with Crippen LogP contribution in [0.25, 0.3) is 0 Å². The van der Waals surface area contributed by atoms with Crippen LogP contribution >= 0.6 is 0 Å². The summed E-state index contributed by atoms with van der Waals surface area (Å²) >= 11 is 0. The van der Waals surface area contributed by atoms with Gasteiger partial charge >= 0.3 is 0 Å². The van der Waals surface area contributed by atoms with Gasteiger partial charge in [-0.15, -0.1) is 0 Å². The van der Waals surface area contributed by atoms with Crippen molar-refractivity contribution in [1.82, 2.24) is 10.3 Å². The van der Waals surface area contributed by atoms with Gasteiger partial charge in [-0.25, -0.2) is 0 Å². The van der Waals surface area contributed by atoms with Crippen molar-refractivity contribution in [2.45, 2.75) is 59.6 Å². The summed E-state index contributed by atoms with van der Waals surface area (Å²) in [7, 11) is 0. The van der Waals surface area contributed by atoms with E-state index >= 15 is 0 Å². The van der Waals surface area contributed by atoms with Gasteiger partial charge in [-0.2, -0.15) is 0 Å². The molecule has 0 spiro atoms. The van der Waals surface area contributed by atoms with Crippen molar-refractivity contribution in [3.8, 4) is 5.75 Å². The van der Waals surface area contributed by atoms with Gasteiger partial charge in [0.2, 0.25) is 0 Å². The molecule has 0 aliphatic rings. The van der Waals surface area contributed by atoms with Crippen LogP contribution < -0.4 is 10.1 Å². The minimum absolute atomic E-state index is 0.210. The van der Waals surface area contributed by atoms with Crippen LogP contribution in [-0.4, -0.2) is 23.7 Å². The lowest BCUT2D eigenvalue weighted by Crippen LogP contribution is -2.35. The molecule has 0 aliphatic carbocycles. The average molecular weight is 250 g/mol. The molecule has 1 heterocycles. The quantitative estimate of drug-likeness (QED) is 0.807. The van der Waals surface area contributed by atoms with Gasteiger partial charge in [0, 0.05) is 18.3 Å². The summed E-state index contributed by atoms with van der Waals surface area (Å²) in [6.07, 6.45) is 2.11. The molecule has 0 aliphatic heterocycles. The highest BCUT2D eigenvalue weighted by Crippen LogP contribution is 2.19. The first-order valence-corrected chi connectivity index (χ1v) is 6.93. The van der Waals surface area contributed by atoms with E-state index in [1.165, 1.54) is 0 Å². The van der Waals surface area contributed by atoms with Gasteiger partial charge in [0.25, 0.3) is 0 Å². The van der Waals surface area contributed by atoms with Crippen molar-refractivity contribution in [3.63, 3.8) is 0 Å². The average Bonchev–Trinajstić information content (AvgIpc) is 2.35. The Hall–Kier alpha value is -1.09. The number of ether oxygens (including phenoxy) is 1. The topological polar surface area (TPSA) is 34.1 Å². The summed E-state index contributed by atoms with van der Waals surface area (Å²) in [5.74, 6) is 0.931. The third-order valence-corrected chi connectivity index (χ3v) is 2.91. The summed E-state index contributed by atoms with van der Waals surface area (Å²) in [5, 5.41) is 3.42. The van der Waals surface area contributed by atoms with Crippen molar-refractivity contribution in [2.75, 3.05) is 6.54 Å². The lowest BCUT2D eigenvalue weighted by atomic mass is 10.2. The summed E-state index contributed by atoms with van der Waals surface area (Å²) in [5.41, 5.74) is 2.10. The maximum atomic E-state index is 6.07. The molecule has 18 heavy (non-hydrogen) atoms. The van der Waals surface area contributed by atoms with E-state index in [4.69, 9.17) is 4.74 Å². The molecule has 1 unspecified atom stereocenters. The zero-order chi connectivity index (χ0) is 13.5. The van der Waals surface area contributed by atoms with Crippen molar-refractivity contribution in [2.24, 2.45) is 0 Å². The predicted molar refractivity (Wildman–Crippen MR) is 76.2 cm³/mol. The van der Waals surface area contributed by atoms with E-state index in [1.54, 1.807) is 0 Å². The van der Waals surface area contributed by atoms with Crippen molar-refractivity contribution >= 4 is 0 Å². The molecule has 0 radical (unpaired) electrons. The van der Waals surface area contributed by atoms with E-state index < -0.39 is 0 Å². The monoisotopic (exact) mass is 250 g/mol. The number of aryl methyl sites for hydroxylation is 2. The van der Waals surface area contributed by atoms with Crippen LogP contribution in [-0.2, 0) is 6.42 Å². The summed E-state index contributed by atoms with van der Waals surface area (Å²) in [6, 6.07) is 4.54. The molecule has 0 saturated heterocycles. The Balaban J connectivity index is 2.69. The maximum absolute atomic E-state index is 6.07. The highest BCUT2D eigenvalue weighted by molar-refractivity contribution is 5.29. The Morgan fingerprint density at radius 1 is 1.28 bits per heavy atom. The highest BCUT2D eigenvalue weighted by Gasteiger charge is 2.11. The molecule has 0 fully saturated rings. The van der Waals surface area contributed by atoms with E-state index in [0.29, 0.717) is 6.04 Å². The number of pyridine rings is 1. The van der Waals surface area contributed by atoms with Crippen molar-refractivity contribution < 1.29 is 4.74 Å². The molecule has 3 nitrogen and oxygen atoms in total. The van der Waals surface area contributed by atoms with Gasteiger partial charge in [0.05, 0.1) is 5.69 Å². The number of nitrogens with one attached hydrogen (secondary N) is 1. The lowest BCUT2D eigenvalue weighted by molar-refractivity contribution is 0.187. The molecular weight excluding hydrogens is 224 g/mol. The minimum Gasteiger partial charge on any atom is -0.487 e. The van der Waals surface area contributed by atoms with Gasteiger partial charge in [0.15, 0.2) is 0 Å². The van der Waals surface area contributed by atoms with Crippen LogP contribution in [0.1, 0.15) is 45.5 Å². The number of hydrogen-bond acceptors (Lipinski definition) is 3. The molecule has 1 N–H and O–H groups in total. The van der Waals surface area contributed by atoms with Gasteiger partial charge in [0.1, 0.15) is 11.9 Å². The fraction of sp³-hybridized carbons (Fsp3) is 0.667. The van der Waals surface area contributed by atoms with Crippen molar-refractivity contribution in [1.29, 1.82) is 0 Å². The Morgan fingerprint density at radius 2 is 2.00 bits per heavy atom. The van der Waals surface area contributed by atoms with Crippen LogP contribution in [0.4, 0.5) is 0 Å². The van der Waals surface area contributed by atoms with Crippen LogP contribution in [0, 0.1) is 6.92 Å². The smallest absolute Gasteiger partial charge is 0.141 e. The fourth-order valence-corrected chi connectivity index (χ4v) is 1.77.